The molecule has 0 saturated heterocycles. The van der Waals surface area contributed by atoms with E-state index < -0.39 is 0 Å². The first-order valence-corrected chi connectivity index (χ1v) is 11.8. The number of Topliss-reactive ketones (excluding diaryl/α,β-unsaturated/α-hetero) is 1. The maximum absolute atomic E-state index is 12.3. The Bertz CT molecular complexity index is 744. The van der Waals surface area contributed by atoms with Crippen LogP contribution in [-0.2, 0) is 0 Å². The van der Waals surface area contributed by atoms with E-state index in [-0.39, 0.29) is 11.7 Å². The average Bonchev–Trinajstić information content (AvgIpc) is 3.14. The normalized spacial score (nSPS) is 11.7. The molecule has 0 amide bonds. The average molecular weight is 398 g/mol. The first-order chi connectivity index (χ1) is 14.2. The van der Waals surface area contributed by atoms with Crippen molar-refractivity contribution in [3.05, 3.63) is 41.8 Å². The summed E-state index contributed by atoms with van der Waals surface area (Å²) >= 11 is 0. The quantitative estimate of drug-likeness (QED) is 0.162. The lowest BCUT2D eigenvalue weighted by molar-refractivity contribution is 0.0947. The number of rotatable bonds is 16. The summed E-state index contributed by atoms with van der Waals surface area (Å²) in [6.45, 7) is 4.28. The van der Waals surface area contributed by atoms with Crippen molar-refractivity contribution >= 4 is 16.9 Å². The van der Waals surface area contributed by atoms with Gasteiger partial charge < -0.3 is 4.42 Å². The van der Waals surface area contributed by atoms with Crippen LogP contribution in [0, 0.1) is 6.92 Å². The molecule has 0 unspecified atom stereocenters. The van der Waals surface area contributed by atoms with Crippen LogP contribution in [-0.4, -0.2) is 10.8 Å². The maximum Gasteiger partial charge on any atom is 0.264 e. The number of benzene rings is 1. The van der Waals surface area contributed by atoms with Crippen molar-refractivity contribution in [3.63, 3.8) is 0 Å². The van der Waals surface area contributed by atoms with Gasteiger partial charge in [-0.05, 0) is 56.7 Å². The Morgan fingerprint density at radius 2 is 1.52 bits per heavy atom. The predicted octanol–water partition coefficient (Wildman–Crippen LogP) is 8.36. The minimum absolute atomic E-state index is 0.0245. The monoisotopic (exact) mass is 397 g/mol. The highest BCUT2D eigenvalue weighted by molar-refractivity contribution is 5.94. The van der Waals surface area contributed by atoms with E-state index in [1.165, 1.54) is 70.6 Å². The highest BCUT2D eigenvalue weighted by Gasteiger charge is 2.13. The van der Waals surface area contributed by atoms with Crippen LogP contribution in [0.1, 0.15) is 113 Å². The summed E-state index contributed by atoms with van der Waals surface area (Å²) in [7, 11) is 0. The van der Waals surface area contributed by atoms with Gasteiger partial charge in [-0.2, -0.15) is 0 Å². The van der Waals surface area contributed by atoms with Gasteiger partial charge in [0.05, 0.1) is 0 Å². The largest absolute Gasteiger partial charge is 0.434 e. The molecule has 2 aromatic rings. The fourth-order valence-corrected chi connectivity index (χ4v) is 3.62. The summed E-state index contributed by atoms with van der Waals surface area (Å²) in [5, 5.41) is 0. The van der Waals surface area contributed by atoms with Crippen molar-refractivity contribution in [2.45, 2.75) is 104 Å². The van der Waals surface area contributed by atoms with E-state index in [4.69, 9.17) is 4.42 Å². The smallest absolute Gasteiger partial charge is 0.264 e. The summed E-state index contributed by atoms with van der Waals surface area (Å²) < 4.78 is 5.59. The zero-order valence-corrected chi connectivity index (χ0v) is 18.5. The highest BCUT2D eigenvalue weighted by atomic mass is 16.4. The highest BCUT2D eigenvalue weighted by Crippen LogP contribution is 2.19. The van der Waals surface area contributed by atoms with Crippen LogP contribution in [0.4, 0.5) is 0 Å². The van der Waals surface area contributed by atoms with Crippen LogP contribution in [0.3, 0.4) is 0 Å². The molecule has 0 N–H and O–H groups in total. The molecule has 0 aliphatic heterocycles. The molecule has 160 valence electrons. The van der Waals surface area contributed by atoms with E-state index in [0.717, 1.165) is 23.9 Å². The number of oxazole rings is 1. The van der Waals surface area contributed by atoms with Crippen molar-refractivity contribution < 1.29 is 9.21 Å². The minimum Gasteiger partial charge on any atom is -0.434 e. The standard InChI is InChI=1S/C26H39NO2/c1-3-4-5-6-7-8-9-10-11-12-13-14-15-16-17-18-24(28)26-27-23-21-22(2)19-20-25(23)29-26/h10-11,19-21H,3-9,12-18H2,1-2H3. The van der Waals surface area contributed by atoms with Gasteiger partial charge in [0.25, 0.3) is 5.89 Å². The van der Waals surface area contributed by atoms with E-state index in [9.17, 15) is 4.79 Å². The summed E-state index contributed by atoms with van der Waals surface area (Å²) in [5.74, 6) is 0.289. The van der Waals surface area contributed by atoms with Gasteiger partial charge in [0, 0.05) is 6.42 Å². The fraction of sp³-hybridized carbons (Fsp3) is 0.615. The molecule has 1 aromatic heterocycles. The topological polar surface area (TPSA) is 43.1 Å². The molecule has 0 saturated carbocycles. The Kier molecular flexibility index (Phi) is 11.4. The molecule has 2 rings (SSSR count). The van der Waals surface area contributed by atoms with Gasteiger partial charge in [0.15, 0.2) is 5.58 Å². The molecule has 3 nitrogen and oxygen atoms in total. The molecular weight excluding hydrogens is 358 g/mol. The van der Waals surface area contributed by atoms with E-state index in [1.807, 2.05) is 25.1 Å². The van der Waals surface area contributed by atoms with E-state index >= 15 is 0 Å². The van der Waals surface area contributed by atoms with Gasteiger partial charge >= 0.3 is 0 Å². The number of unbranched alkanes of at least 4 members (excludes halogenated alkanes) is 11. The van der Waals surface area contributed by atoms with Gasteiger partial charge in [0.1, 0.15) is 5.52 Å². The first kappa shape index (κ1) is 23.4. The number of aromatic nitrogens is 1. The number of aryl methyl sites for hydroxylation is 1. The van der Waals surface area contributed by atoms with Crippen LogP contribution in [0.5, 0.6) is 0 Å². The molecule has 3 heteroatoms. The molecular formula is C26H39NO2. The van der Waals surface area contributed by atoms with Crippen molar-refractivity contribution in [2.75, 3.05) is 0 Å². The Hall–Kier alpha value is -1.90. The lowest BCUT2D eigenvalue weighted by Gasteiger charge is -2.00. The van der Waals surface area contributed by atoms with Crippen LogP contribution < -0.4 is 0 Å². The number of allylic oxidation sites excluding steroid dienone is 2. The van der Waals surface area contributed by atoms with Crippen LogP contribution in [0.2, 0.25) is 0 Å². The first-order valence-electron chi connectivity index (χ1n) is 11.8. The van der Waals surface area contributed by atoms with Crippen LogP contribution in [0.25, 0.3) is 11.1 Å². The van der Waals surface area contributed by atoms with Crippen LogP contribution >= 0.6 is 0 Å². The number of ketones is 1. The third-order valence-electron chi connectivity index (χ3n) is 5.45. The second-order valence-electron chi connectivity index (χ2n) is 8.25. The number of fused-ring (bicyclic) bond motifs is 1. The van der Waals surface area contributed by atoms with Crippen molar-refractivity contribution in [1.82, 2.24) is 4.98 Å². The van der Waals surface area contributed by atoms with E-state index in [0.29, 0.717) is 12.0 Å². The van der Waals surface area contributed by atoms with E-state index in [2.05, 4.69) is 24.1 Å². The molecule has 29 heavy (non-hydrogen) atoms. The molecule has 0 fully saturated rings. The molecule has 0 radical (unpaired) electrons. The number of carbonyl (C=O) groups is 1. The van der Waals surface area contributed by atoms with Gasteiger partial charge in [-0.25, -0.2) is 4.98 Å². The van der Waals surface area contributed by atoms with Gasteiger partial charge in [-0.3, -0.25) is 4.79 Å². The van der Waals surface area contributed by atoms with Crippen molar-refractivity contribution in [1.29, 1.82) is 0 Å². The predicted molar refractivity (Wildman–Crippen MR) is 123 cm³/mol. The summed E-state index contributed by atoms with van der Waals surface area (Å²) in [6.07, 6.45) is 21.6. The zero-order chi connectivity index (χ0) is 20.7. The number of hydrogen-bond donors (Lipinski definition) is 0. The fourth-order valence-electron chi connectivity index (χ4n) is 3.62. The molecule has 1 heterocycles. The lowest BCUT2D eigenvalue weighted by atomic mass is 10.1. The Balaban J connectivity index is 1.45. The summed E-state index contributed by atoms with van der Waals surface area (Å²) in [5.41, 5.74) is 2.60. The second-order valence-corrected chi connectivity index (χ2v) is 8.25. The van der Waals surface area contributed by atoms with Crippen molar-refractivity contribution in [3.8, 4) is 0 Å². The van der Waals surface area contributed by atoms with Gasteiger partial charge in [0.2, 0.25) is 5.78 Å². The summed E-state index contributed by atoms with van der Waals surface area (Å²) in [6, 6.07) is 5.82. The molecule has 0 bridgehead atoms. The zero-order valence-electron chi connectivity index (χ0n) is 18.5. The number of hydrogen-bond acceptors (Lipinski definition) is 3. The second kappa shape index (κ2) is 14.1. The van der Waals surface area contributed by atoms with E-state index in [1.54, 1.807) is 0 Å². The third kappa shape index (κ3) is 9.43. The maximum atomic E-state index is 12.3. The van der Waals surface area contributed by atoms with Gasteiger partial charge in [-0.1, -0.05) is 76.5 Å². The third-order valence-corrected chi connectivity index (χ3v) is 5.45. The Morgan fingerprint density at radius 3 is 2.21 bits per heavy atom. The minimum atomic E-state index is 0.0245. The number of nitrogens with zero attached hydrogens (tertiary/aromatic N) is 1. The molecule has 0 aliphatic carbocycles. The molecule has 1 aromatic carbocycles. The van der Waals surface area contributed by atoms with Crippen LogP contribution in [0.15, 0.2) is 34.8 Å². The molecule has 0 aliphatic rings. The Labute approximate surface area is 177 Å². The van der Waals surface area contributed by atoms with Gasteiger partial charge in [-0.15, -0.1) is 0 Å². The Morgan fingerprint density at radius 1 is 0.897 bits per heavy atom. The van der Waals surface area contributed by atoms with Crippen molar-refractivity contribution in [2.24, 2.45) is 0 Å². The number of carbonyl (C=O) groups excluding carboxylic acids is 1. The SMILES string of the molecule is CCCCCCCCC=CCCCCCCCC(=O)c1nc2cc(C)ccc2o1. The molecule has 0 spiro atoms. The molecule has 0 atom stereocenters. The summed E-state index contributed by atoms with van der Waals surface area (Å²) in [4.78, 5) is 16.6. The lowest BCUT2D eigenvalue weighted by Crippen LogP contribution is -1.99.